The molecule has 0 aliphatic heterocycles. The molecule has 0 saturated carbocycles. The molecule has 0 heterocycles. The van der Waals surface area contributed by atoms with Crippen molar-refractivity contribution in [3.63, 3.8) is 0 Å². The van der Waals surface area contributed by atoms with E-state index in [0.717, 1.165) is 35.4 Å². The van der Waals surface area contributed by atoms with E-state index in [1.165, 1.54) is 12.1 Å². The lowest BCUT2D eigenvalue weighted by Gasteiger charge is -2.10. The normalized spacial score (nSPS) is 11.7. The predicted molar refractivity (Wildman–Crippen MR) is 147 cm³/mol. The predicted octanol–water partition coefficient (Wildman–Crippen LogP) is 3.96. The number of halogens is 4. The molecule has 8 N–H and O–H groups in total. The van der Waals surface area contributed by atoms with Crippen molar-refractivity contribution in [2.24, 2.45) is 43.3 Å². The maximum Gasteiger partial charge on any atom is 0.211 e. The van der Waals surface area contributed by atoms with E-state index in [0.29, 0.717) is 11.1 Å². The third kappa shape index (κ3) is 6.48. The number of nitrogens with zero attached hydrogens (tertiary/aromatic N) is 4. The summed E-state index contributed by atoms with van der Waals surface area (Å²) >= 11 is 0. The zero-order valence-electron chi connectivity index (χ0n) is 20.7. The first-order valence-corrected chi connectivity index (χ1v) is 11.6. The van der Waals surface area contributed by atoms with Gasteiger partial charge in [-0.25, -0.2) is 17.6 Å². The number of rotatable bonds is 7. The summed E-state index contributed by atoms with van der Waals surface area (Å²) in [5.74, 6) is -3.82. The molecule has 0 aromatic heterocycles. The summed E-state index contributed by atoms with van der Waals surface area (Å²) < 4.78 is 55.9. The Balaban J connectivity index is 1.68. The smallest absolute Gasteiger partial charge is 0.211 e. The van der Waals surface area contributed by atoms with Crippen LogP contribution >= 0.6 is 0 Å². The Labute approximate surface area is 226 Å². The molecule has 0 unspecified atom stereocenters. The molecule has 202 valence electrons. The molecular formula is C28H22F4N8. The van der Waals surface area contributed by atoms with Gasteiger partial charge < -0.3 is 22.9 Å². The molecule has 8 nitrogen and oxygen atoms in total. The fraction of sp³-hybridized carbons (Fsp3) is 0. The van der Waals surface area contributed by atoms with Crippen LogP contribution in [0.4, 0.5) is 17.6 Å². The van der Waals surface area contributed by atoms with Gasteiger partial charge in [0, 0.05) is 34.4 Å². The topological polar surface area (TPSA) is 154 Å². The maximum absolute atomic E-state index is 14.5. The van der Waals surface area contributed by atoms with Gasteiger partial charge in [0.2, 0.25) is 11.9 Å². The number of nitrogens with two attached hydrogens (primary N) is 4. The van der Waals surface area contributed by atoms with Crippen LogP contribution in [-0.2, 0) is 0 Å². The van der Waals surface area contributed by atoms with Gasteiger partial charge in [0.15, 0.2) is 0 Å². The maximum atomic E-state index is 14.5. The van der Waals surface area contributed by atoms with Gasteiger partial charge in [0.25, 0.3) is 0 Å². The second-order valence-corrected chi connectivity index (χ2v) is 8.35. The molecule has 4 aromatic carbocycles. The Hall–Kier alpha value is -5.52. The van der Waals surface area contributed by atoms with Gasteiger partial charge in [0.1, 0.15) is 34.7 Å². The second kappa shape index (κ2) is 11.9. The molecule has 40 heavy (non-hydrogen) atoms. The van der Waals surface area contributed by atoms with Crippen molar-refractivity contribution in [3.05, 3.63) is 130 Å². The van der Waals surface area contributed by atoms with Crippen LogP contribution in [0.5, 0.6) is 0 Å². The summed E-state index contributed by atoms with van der Waals surface area (Å²) in [7, 11) is 0. The van der Waals surface area contributed by atoms with Crippen molar-refractivity contribution >= 4 is 23.3 Å². The minimum atomic E-state index is -0.833. The van der Waals surface area contributed by atoms with Crippen molar-refractivity contribution in [3.8, 4) is 11.1 Å². The van der Waals surface area contributed by atoms with Gasteiger partial charge >= 0.3 is 0 Å². The van der Waals surface area contributed by atoms with Gasteiger partial charge in [-0.15, -0.1) is 20.4 Å². The molecule has 0 bridgehead atoms. The molecule has 0 radical (unpaired) electrons. The molecule has 0 spiro atoms. The molecule has 4 rings (SSSR count). The fourth-order valence-corrected chi connectivity index (χ4v) is 3.75. The van der Waals surface area contributed by atoms with E-state index < -0.39 is 23.3 Å². The van der Waals surface area contributed by atoms with Crippen LogP contribution in [0.25, 0.3) is 11.1 Å². The molecule has 0 atom stereocenters. The largest absolute Gasteiger partial charge is 0.369 e. The molecule has 12 heteroatoms. The van der Waals surface area contributed by atoms with Gasteiger partial charge in [-0.05, 0) is 35.4 Å². The Kier molecular flexibility index (Phi) is 8.19. The molecule has 4 aromatic rings. The summed E-state index contributed by atoms with van der Waals surface area (Å²) in [5, 5.41) is 15.2. The molecule has 0 saturated heterocycles. The van der Waals surface area contributed by atoms with E-state index in [4.69, 9.17) is 22.9 Å². The van der Waals surface area contributed by atoms with Crippen molar-refractivity contribution in [2.75, 3.05) is 0 Å². The Bertz CT molecular complexity index is 1530. The monoisotopic (exact) mass is 546 g/mol. The highest BCUT2D eigenvalue weighted by atomic mass is 19.1. The molecule has 0 aliphatic rings. The highest BCUT2D eigenvalue weighted by molar-refractivity contribution is 6.14. The summed E-state index contributed by atoms with van der Waals surface area (Å²) in [4.78, 5) is 0. The van der Waals surface area contributed by atoms with Crippen molar-refractivity contribution in [1.29, 1.82) is 0 Å². The first-order valence-electron chi connectivity index (χ1n) is 11.6. The average Bonchev–Trinajstić information content (AvgIpc) is 2.91. The number of hydrogen-bond acceptors (Lipinski definition) is 4. The van der Waals surface area contributed by atoms with Gasteiger partial charge in [0.05, 0.1) is 0 Å². The molecule has 0 aliphatic carbocycles. The average molecular weight is 547 g/mol. The lowest BCUT2D eigenvalue weighted by atomic mass is 9.96. The minimum absolute atomic E-state index is 0.00381. The van der Waals surface area contributed by atoms with Crippen LogP contribution in [0.15, 0.2) is 105 Å². The SMILES string of the molecule is NC(N)=N/N=C(/c1ccc(-c2ccc(/C(=N/N=C(N)N)c3ccc(F)cc3F)cc2)cc1)c1ccc(F)cc1F. The Morgan fingerprint density at radius 1 is 0.450 bits per heavy atom. The third-order valence-corrected chi connectivity index (χ3v) is 5.55. The third-order valence-electron chi connectivity index (χ3n) is 5.55. The van der Waals surface area contributed by atoms with E-state index in [2.05, 4.69) is 20.4 Å². The molecule has 0 amide bonds. The van der Waals surface area contributed by atoms with Crippen LogP contribution < -0.4 is 22.9 Å². The summed E-state index contributed by atoms with van der Waals surface area (Å²) in [6, 6.07) is 19.9. The highest BCUT2D eigenvalue weighted by Gasteiger charge is 2.16. The van der Waals surface area contributed by atoms with E-state index >= 15 is 0 Å². The summed E-state index contributed by atoms with van der Waals surface area (Å²) in [6.07, 6.45) is 0. The van der Waals surface area contributed by atoms with Crippen molar-refractivity contribution < 1.29 is 17.6 Å². The molecule has 0 fully saturated rings. The molecular weight excluding hydrogens is 524 g/mol. The standard InChI is InChI=1S/C28H22F4N8/c29-19-9-11-21(23(31)13-19)25(37-39-27(33)34)17-5-1-15(2-6-17)16-3-7-18(8-4-16)26(38-40-28(35)36)22-12-10-20(30)14-24(22)32/h1-14H,(H4,33,34,39)(H4,35,36,40)/b37-25-,38-26-. The van der Waals surface area contributed by atoms with Crippen LogP contribution in [0.1, 0.15) is 22.3 Å². The zero-order chi connectivity index (χ0) is 28.8. The Morgan fingerprint density at radius 3 is 1.10 bits per heavy atom. The van der Waals surface area contributed by atoms with Gasteiger partial charge in [-0.2, -0.15) is 0 Å². The number of benzene rings is 4. The van der Waals surface area contributed by atoms with Crippen LogP contribution in [0.3, 0.4) is 0 Å². The van der Waals surface area contributed by atoms with Crippen LogP contribution in [-0.4, -0.2) is 23.3 Å². The van der Waals surface area contributed by atoms with E-state index in [-0.39, 0.29) is 34.5 Å². The highest BCUT2D eigenvalue weighted by Crippen LogP contribution is 2.24. The fourth-order valence-electron chi connectivity index (χ4n) is 3.75. The van der Waals surface area contributed by atoms with Gasteiger partial charge in [-0.3, -0.25) is 0 Å². The Morgan fingerprint density at radius 2 is 0.800 bits per heavy atom. The van der Waals surface area contributed by atoms with Gasteiger partial charge in [-0.1, -0.05) is 48.5 Å². The lowest BCUT2D eigenvalue weighted by Crippen LogP contribution is -2.22. The number of guanidine groups is 2. The lowest BCUT2D eigenvalue weighted by molar-refractivity contribution is 0.581. The first-order chi connectivity index (χ1) is 19.1. The first kappa shape index (κ1) is 27.5. The number of hydrogen-bond donors (Lipinski definition) is 4. The quantitative estimate of drug-likeness (QED) is 0.120. The second-order valence-electron chi connectivity index (χ2n) is 8.35. The summed E-state index contributed by atoms with van der Waals surface area (Å²) in [5.41, 5.74) is 24.2. The van der Waals surface area contributed by atoms with E-state index in [1.807, 2.05) is 0 Å². The minimum Gasteiger partial charge on any atom is -0.369 e. The van der Waals surface area contributed by atoms with Crippen LogP contribution in [0, 0.1) is 23.3 Å². The zero-order valence-corrected chi connectivity index (χ0v) is 20.7. The van der Waals surface area contributed by atoms with Crippen molar-refractivity contribution in [1.82, 2.24) is 0 Å². The van der Waals surface area contributed by atoms with E-state index in [9.17, 15) is 17.6 Å². The van der Waals surface area contributed by atoms with Crippen molar-refractivity contribution in [2.45, 2.75) is 0 Å². The van der Waals surface area contributed by atoms with E-state index in [1.54, 1.807) is 48.5 Å². The summed E-state index contributed by atoms with van der Waals surface area (Å²) in [6.45, 7) is 0. The van der Waals surface area contributed by atoms with Crippen LogP contribution in [0.2, 0.25) is 0 Å².